The summed E-state index contributed by atoms with van der Waals surface area (Å²) in [5.41, 5.74) is 4.89. The Morgan fingerprint density at radius 3 is 2.57 bits per heavy atom. The second kappa shape index (κ2) is 6.01. The van der Waals surface area contributed by atoms with Crippen LogP contribution in [0.25, 0.3) is 10.2 Å². The van der Waals surface area contributed by atoms with Crippen LogP contribution in [-0.2, 0) is 0 Å². The molecule has 0 aliphatic rings. The van der Waals surface area contributed by atoms with Crippen LogP contribution in [0.2, 0.25) is 0 Å². The number of fused-ring (bicyclic) bond motifs is 1. The van der Waals surface area contributed by atoms with E-state index in [9.17, 15) is 4.79 Å². The molecule has 0 aliphatic heterocycles. The van der Waals surface area contributed by atoms with Crippen LogP contribution >= 0.6 is 11.3 Å². The lowest BCUT2D eigenvalue weighted by molar-refractivity contribution is 0.102. The lowest BCUT2D eigenvalue weighted by Gasteiger charge is -2.13. The third kappa shape index (κ3) is 3.05. The van der Waals surface area contributed by atoms with Crippen molar-refractivity contribution >= 4 is 38.3 Å². The Kier molecular flexibility index (Phi) is 4.05. The smallest absolute Gasteiger partial charge is 0.257 e. The molecule has 0 aliphatic carbocycles. The van der Waals surface area contributed by atoms with Gasteiger partial charge in [-0.2, -0.15) is 0 Å². The summed E-state index contributed by atoms with van der Waals surface area (Å²) in [4.78, 5) is 19.0. The number of benzene rings is 2. The SMILES string of the molecule is Cc1ccc(C)c2sc(NC(=O)c3cccc(N(C)C)c3)nc12. The predicted octanol–water partition coefficient (Wildman–Crippen LogP) is 4.23. The van der Waals surface area contributed by atoms with Crippen molar-refractivity contribution in [3.8, 4) is 0 Å². The van der Waals surface area contributed by atoms with Crippen LogP contribution in [0, 0.1) is 13.8 Å². The van der Waals surface area contributed by atoms with Crippen molar-refractivity contribution in [3.05, 3.63) is 53.1 Å². The van der Waals surface area contributed by atoms with Gasteiger partial charge < -0.3 is 4.90 Å². The van der Waals surface area contributed by atoms with Crippen molar-refractivity contribution in [1.29, 1.82) is 0 Å². The van der Waals surface area contributed by atoms with Gasteiger partial charge >= 0.3 is 0 Å². The second-order valence-corrected chi connectivity index (χ2v) is 6.79. The number of aryl methyl sites for hydroxylation is 2. The first-order valence-electron chi connectivity index (χ1n) is 7.41. The van der Waals surface area contributed by atoms with Crippen molar-refractivity contribution in [2.24, 2.45) is 0 Å². The van der Waals surface area contributed by atoms with Crippen molar-refractivity contribution in [3.63, 3.8) is 0 Å². The zero-order valence-electron chi connectivity index (χ0n) is 13.7. The first kappa shape index (κ1) is 15.5. The maximum absolute atomic E-state index is 12.5. The maximum atomic E-state index is 12.5. The van der Waals surface area contributed by atoms with Gasteiger partial charge in [0, 0.05) is 25.3 Å². The van der Waals surface area contributed by atoms with E-state index in [0.717, 1.165) is 21.5 Å². The van der Waals surface area contributed by atoms with Crippen LogP contribution in [0.3, 0.4) is 0 Å². The summed E-state index contributed by atoms with van der Waals surface area (Å²) >= 11 is 1.52. The summed E-state index contributed by atoms with van der Waals surface area (Å²) in [7, 11) is 3.91. The second-order valence-electron chi connectivity index (χ2n) is 5.79. The van der Waals surface area contributed by atoms with Crippen LogP contribution in [0.5, 0.6) is 0 Å². The predicted molar refractivity (Wildman–Crippen MR) is 97.8 cm³/mol. The molecular formula is C18H19N3OS. The normalized spacial score (nSPS) is 10.8. The van der Waals surface area contributed by atoms with Gasteiger partial charge in [0.05, 0.1) is 10.2 Å². The van der Waals surface area contributed by atoms with E-state index in [-0.39, 0.29) is 5.91 Å². The molecule has 0 spiro atoms. The Hall–Kier alpha value is -2.40. The number of amides is 1. The van der Waals surface area contributed by atoms with Crippen molar-refractivity contribution in [1.82, 2.24) is 4.98 Å². The first-order chi connectivity index (χ1) is 11.0. The number of carbonyl (C=O) groups is 1. The monoisotopic (exact) mass is 325 g/mol. The Labute approximate surface area is 139 Å². The molecule has 3 rings (SSSR count). The molecule has 1 aromatic heterocycles. The molecule has 118 valence electrons. The largest absolute Gasteiger partial charge is 0.378 e. The maximum Gasteiger partial charge on any atom is 0.257 e. The van der Waals surface area contributed by atoms with E-state index in [1.54, 1.807) is 0 Å². The molecule has 3 aromatic rings. The zero-order valence-corrected chi connectivity index (χ0v) is 14.5. The van der Waals surface area contributed by atoms with Gasteiger partial charge in [-0.1, -0.05) is 29.5 Å². The van der Waals surface area contributed by atoms with Crippen molar-refractivity contribution < 1.29 is 4.79 Å². The van der Waals surface area contributed by atoms with Gasteiger partial charge in [-0.3, -0.25) is 10.1 Å². The van der Waals surface area contributed by atoms with E-state index in [1.165, 1.54) is 16.9 Å². The number of aromatic nitrogens is 1. The van der Waals surface area contributed by atoms with Crippen LogP contribution in [-0.4, -0.2) is 25.0 Å². The quantitative estimate of drug-likeness (QED) is 0.784. The Bertz CT molecular complexity index is 844. The third-order valence-corrected chi connectivity index (χ3v) is 4.89. The topological polar surface area (TPSA) is 45.2 Å². The zero-order chi connectivity index (χ0) is 16.6. The standard InChI is InChI=1S/C18H19N3OS/c1-11-8-9-12(2)16-15(11)19-18(23-16)20-17(22)13-6-5-7-14(10-13)21(3)4/h5-10H,1-4H3,(H,19,20,22). The summed E-state index contributed by atoms with van der Waals surface area (Å²) in [6.45, 7) is 4.10. The van der Waals surface area contributed by atoms with E-state index < -0.39 is 0 Å². The van der Waals surface area contributed by atoms with E-state index in [4.69, 9.17) is 0 Å². The molecule has 0 bridgehead atoms. The molecule has 2 aromatic carbocycles. The molecule has 1 heterocycles. The summed E-state index contributed by atoms with van der Waals surface area (Å²) < 4.78 is 1.13. The fourth-order valence-electron chi connectivity index (χ4n) is 2.41. The summed E-state index contributed by atoms with van der Waals surface area (Å²) in [6, 6.07) is 11.7. The van der Waals surface area contributed by atoms with E-state index >= 15 is 0 Å². The molecule has 5 heteroatoms. The lowest BCUT2D eigenvalue weighted by Crippen LogP contribution is -2.14. The van der Waals surface area contributed by atoms with Gasteiger partial charge in [-0.15, -0.1) is 0 Å². The highest BCUT2D eigenvalue weighted by molar-refractivity contribution is 7.22. The number of rotatable bonds is 3. The number of hydrogen-bond acceptors (Lipinski definition) is 4. The highest BCUT2D eigenvalue weighted by Gasteiger charge is 2.13. The molecule has 0 saturated carbocycles. The number of anilines is 2. The first-order valence-corrected chi connectivity index (χ1v) is 8.23. The van der Waals surface area contributed by atoms with Gasteiger partial charge in [0.2, 0.25) is 0 Å². The lowest BCUT2D eigenvalue weighted by atomic mass is 10.1. The Morgan fingerprint density at radius 1 is 1.13 bits per heavy atom. The van der Waals surface area contributed by atoms with Crippen molar-refractivity contribution in [2.75, 3.05) is 24.3 Å². The molecule has 23 heavy (non-hydrogen) atoms. The van der Waals surface area contributed by atoms with Crippen LogP contribution in [0.15, 0.2) is 36.4 Å². The number of nitrogens with one attached hydrogen (secondary N) is 1. The molecular weight excluding hydrogens is 306 g/mol. The number of carbonyl (C=O) groups excluding carboxylic acids is 1. The molecule has 1 N–H and O–H groups in total. The van der Waals surface area contributed by atoms with Gasteiger partial charge in [-0.05, 0) is 43.2 Å². The fourth-order valence-corrected chi connectivity index (χ4v) is 3.41. The molecule has 4 nitrogen and oxygen atoms in total. The van der Waals surface area contributed by atoms with Gasteiger partial charge in [0.25, 0.3) is 5.91 Å². The van der Waals surface area contributed by atoms with Gasteiger partial charge in [0.15, 0.2) is 5.13 Å². The van der Waals surface area contributed by atoms with Crippen LogP contribution in [0.1, 0.15) is 21.5 Å². The molecule has 0 radical (unpaired) electrons. The number of nitrogens with zero attached hydrogens (tertiary/aromatic N) is 2. The minimum absolute atomic E-state index is 0.136. The number of thiazole rings is 1. The van der Waals surface area contributed by atoms with Crippen LogP contribution < -0.4 is 10.2 Å². The summed E-state index contributed by atoms with van der Waals surface area (Å²) in [6.07, 6.45) is 0. The van der Waals surface area contributed by atoms with Crippen molar-refractivity contribution in [2.45, 2.75) is 13.8 Å². The molecule has 0 unspecified atom stereocenters. The average molecular weight is 325 g/mol. The minimum Gasteiger partial charge on any atom is -0.378 e. The van der Waals surface area contributed by atoms with E-state index in [2.05, 4.69) is 29.4 Å². The van der Waals surface area contributed by atoms with Gasteiger partial charge in [0.1, 0.15) is 0 Å². The summed E-state index contributed by atoms with van der Waals surface area (Å²) in [5, 5.41) is 3.55. The molecule has 0 atom stereocenters. The average Bonchev–Trinajstić information content (AvgIpc) is 2.96. The molecule has 0 fully saturated rings. The number of hydrogen-bond donors (Lipinski definition) is 1. The van der Waals surface area contributed by atoms with E-state index in [1.807, 2.05) is 50.2 Å². The molecule has 1 amide bonds. The third-order valence-electron chi connectivity index (χ3n) is 3.79. The van der Waals surface area contributed by atoms with Gasteiger partial charge in [-0.25, -0.2) is 4.98 Å². The Balaban J connectivity index is 1.90. The van der Waals surface area contributed by atoms with E-state index in [0.29, 0.717) is 10.7 Å². The fraction of sp³-hybridized carbons (Fsp3) is 0.222. The summed E-state index contributed by atoms with van der Waals surface area (Å²) in [5.74, 6) is -0.136. The highest BCUT2D eigenvalue weighted by atomic mass is 32.1. The molecule has 0 saturated heterocycles. The highest BCUT2D eigenvalue weighted by Crippen LogP contribution is 2.31. The minimum atomic E-state index is -0.136. The Morgan fingerprint density at radius 2 is 1.87 bits per heavy atom. The van der Waals surface area contributed by atoms with Crippen LogP contribution in [0.4, 0.5) is 10.8 Å².